The van der Waals surface area contributed by atoms with Gasteiger partial charge in [0.1, 0.15) is 12.4 Å². The lowest BCUT2D eigenvalue weighted by Gasteiger charge is -2.01. The predicted octanol–water partition coefficient (Wildman–Crippen LogP) is 0.0980. The van der Waals surface area contributed by atoms with E-state index in [0.29, 0.717) is 0 Å². The van der Waals surface area contributed by atoms with Gasteiger partial charge >= 0.3 is 0 Å². The molecule has 9 heavy (non-hydrogen) atoms. The van der Waals surface area contributed by atoms with Crippen molar-refractivity contribution in [1.29, 1.82) is 0 Å². The van der Waals surface area contributed by atoms with E-state index in [1.807, 2.05) is 0 Å². The molecule has 0 radical (unpaired) electrons. The lowest BCUT2D eigenvalue weighted by Crippen LogP contribution is -2.04. The Morgan fingerprint density at radius 3 is 2.67 bits per heavy atom. The molecule has 0 aliphatic heterocycles. The summed E-state index contributed by atoms with van der Waals surface area (Å²) < 4.78 is 4.66. The van der Waals surface area contributed by atoms with Gasteiger partial charge in [-0.3, -0.25) is 4.79 Å². The summed E-state index contributed by atoms with van der Waals surface area (Å²) in [5.74, 6) is 0.148. The Morgan fingerprint density at radius 1 is 1.78 bits per heavy atom. The molecule has 0 aliphatic rings. The Hall–Kier alpha value is -0.830. The molecule has 0 unspecified atom stereocenters. The number of aliphatic hydroxyl groups is 1. The van der Waals surface area contributed by atoms with Gasteiger partial charge in [0.2, 0.25) is 0 Å². The van der Waals surface area contributed by atoms with E-state index >= 15 is 0 Å². The van der Waals surface area contributed by atoms with Crippen molar-refractivity contribution in [3.05, 3.63) is 12.3 Å². The monoisotopic (exact) mass is 130 g/mol. The third kappa shape index (κ3) is 5.03. The van der Waals surface area contributed by atoms with Crippen molar-refractivity contribution in [1.82, 2.24) is 0 Å². The molecule has 0 rings (SSSR count). The van der Waals surface area contributed by atoms with Crippen LogP contribution in [-0.4, -0.2) is 24.1 Å². The summed E-state index contributed by atoms with van der Waals surface area (Å²) in [5, 5.41) is 8.31. The largest absolute Gasteiger partial charge is 0.488 e. The maximum atomic E-state index is 10.2. The molecule has 0 saturated carbocycles. The fraction of sp³-hybridized carbons (Fsp3) is 0.500. The zero-order valence-corrected chi connectivity index (χ0v) is 5.39. The zero-order valence-electron chi connectivity index (χ0n) is 5.39. The van der Waals surface area contributed by atoms with Crippen LogP contribution in [0.15, 0.2) is 12.3 Å². The smallest absolute Gasteiger partial charge is 0.167 e. The number of hydrogen-bond donors (Lipinski definition) is 1. The number of aliphatic hydroxyl groups excluding tert-OH is 1. The second-order valence-corrected chi connectivity index (χ2v) is 1.69. The summed E-state index contributed by atoms with van der Waals surface area (Å²) in [6.45, 7) is 4.50. The number of carbonyl (C=O) groups excluding carboxylic acids is 1. The van der Waals surface area contributed by atoms with Gasteiger partial charge in [-0.1, -0.05) is 6.58 Å². The molecule has 3 nitrogen and oxygen atoms in total. The molecule has 0 aliphatic carbocycles. The van der Waals surface area contributed by atoms with Gasteiger partial charge in [-0.2, -0.15) is 0 Å². The van der Waals surface area contributed by atoms with E-state index in [9.17, 15) is 4.79 Å². The SMILES string of the molecule is C=C(CO)OCC(C)=O. The number of ketones is 1. The van der Waals surface area contributed by atoms with Crippen LogP contribution in [0, 0.1) is 0 Å². The molecular formula is C6H10O3. The van der Waals surface area contributed by atoms with Crippen molar-refractivity contribution < 1.29 is 14.6 Å². The summed E-state index contributed by atoms with van der Waals surface area (Å²) >= 11 is 0. The van der Waals surface area contributed by atoms with Gasteiger partial charge in [0.05, 0.1) is 6.61 Å². The third-order valence-electron chi connectivity index (χ3n) is 0.656. The van der Waals surface area contributed by atoms with Gasteiger partial charge in [0.25, 0.3) is 0 Å². The molecule has 0 bridgehead atoms. The number of rotatable bonds is 4. The molecule has 0 aromatic heterocycles. The minimum atomic E-state index is -0.229. The Balaban J connectivity index is 3.28. The predicted molar refractivity (Wildman–Crippen MR) is 32.9 cm³/mol. The highest BCUT2D eigenvalue weighted by Gasteiger charge is 1.93. The fourth-order valence-corrected chi connectivity index (χ4v) is 0.249. The second-order valence-electron chi connectivity index (χ2n) is 1.69. The maximum absolute atomic E-state index is 10.2. The quantitative estimate of drug-likeness (QED) is 0.549. The van der Waals surface area contributed by atoms with Gasteiger partial charge in [-0.25, -0.2) is 0 Å². The first-order chi connectivity index (χ1) is 4.16. The molecule has 0 spiro atoms. The first kappa shape index (κ1) is 8.17. The second kappa shape index (κ2) is 4.09. The molecule has 1 N–H and O–H groups in total. The Bertz CT molecular complexity index is 117. The molecule has 0 fully saturated rings. The number of ether oxygens (including phenoxy) is 1. The zero-order chi connectivity index (χ0) is 7.28. The van der Waals surface area contributed by atoms with Crippen molar-refractivity contribution >= 4 is 5.78 Å². The van der Waals surface area contributed by atoms with E-state index in [1.54, 1.807) is 0 Å². The first-order valence-corrected chi connectivity index (χ1v) is 2.57. The average molecular weight is 130 g/mol. The van der Waals surface area contributed by atoms with Crippen molar-refractivity contribution in [2.75, 3.05) is 13.2 Å². The standard InChI is InChI=1S/C6H10O3/c1-5(8)4-9-6(2)3-7/h7H,2-4H2,1H3. The van der Waals surface area contributed by atoms with Crippen LogP contribution in [-0.2, 0) is 9.53 Å². The highest BCUT2D eigenvalue weighted by Crippen LogP contribution is 1.89. The van der Waals surface area contributed by atoms with E-state index in [2.05, 4.69) is 11.3 Å². The van der Waals surface area contributed by atoms with Crippen LogP contribution in [0.5, 0.6) is 0 Å². The highest BCUT2D eigenvalue weighted by atomic mass is 16.5. The minimum Gasteiger partial charge on any atom is -0.488 e. The minimum absolute atomic E-state index is 0.000602. The van der Waals surface area contributed by atoms with E-state index in [0.717, 1.165) is 0 Å². The lowest BCUT2D eigenvalue weighted by atomic mass is 10.5. The number of Topliss-reactive ketones (excluding diaryl/α,β-unsaturated/α-hetero) is 1. The summed E-state index contributed by atoms with van der Waals surface area (Å²) in [4.78, 5) is 10.2. The third-order valence-corrected chi connectivity index (χ3v) is 0.656. The molecule has 0 atom stereocenters. The average Bonchev–Trinajstić information content (AvgIpc) is 1.83. The van der Waals surface area contributed by atoms with Crippen LogP contribution in [0.4, 0.5) is 0 Å². The number of carbonyl (C=O) groups is 1. The van der Waals surface area contributed by atoms with Gasteiger partial charge in [0.15, 0.2) is 5.78 Å². The van der Waals surface area contributed by atoms with E-state index < -0.39 is 0 Å². The molecule has 0 heterocycles. The molecule has 0 aromatic rings. The van der Waals surface area contributed by atoms with E-state index in [1.165, 1.54) is 6.92 Å². The first-order valence-electron chi connectivity index (χ1n) is 2.57. The molecule has 0 saturated heterocycles. The molecular weight excluding hydrogens is 120 g/mol. The Morgan fingerprint density at radius 2 is 2.33 bits per heavy atom. The normalized spacial score (nSPS) is 8.67. The van der Waals surface area contributed by atoms with Gasteiger partial charge in [-0.15, -0.1) is 0 Å². The summed E-state index contributed by atoms with van der Waals surface area (Å²) in [6, 6.07) is 0. The van der Waals surface area contributed by atoms with Crippen molar-refractivity contribution in [3.63, 3.8) is 0 Å². The van der Waals surface area contributed by atoms with Gasteiger partial charge in [-0.05, 0) is 6.92 Å². The fourth-order valence-electron chi connectivity index (χ4n) is 0.249. The lowest BCUT2D eigenvalue weighted by molar-refractivity contribution is -0.120. The Kier molecular flexibility index (Phi) is 3.71. The van der Waals surface area contributed by atoms with Crippen molar-refractivity contribution in [3.8, 4) is 0 Å². The summed E-state index contributed by atoms with van der Waals surface area (Å²) in [6.07, 6.45) is 0. The highest BCUT2D eigenvalue weighted by molar-refractivity contribution is 5.76. The van der Waals surface area contributed by atoms with Crippen LogP contribution in [0.1, 0.15) is 6.92 Å². The van der Waals surface area contributed by atoms with Crippen LogP contribution in [0.3, 0.4) is 0 Å². The molecule has 52 valence electrons. The Labute approximate surface area is 53.9 Å². The van der Waals surface area contributed by atoms with E-state index in [4.69, 9.17) is 5.11 Å². The van der Waals surface area contributed by atoms with Crippen LogP contribution in [0.2, 0.25) is 0 Å². The topological polar surface area (TPSA) is 46.5 Å². The summed E-state index contributed by atoms with van der Waals surface area (Å²) in [7, 11) is 0. The van der Waals surface area contributed by atoms with Gasteiger partial charge in [0, 0.05) is 0 Å². The number of hydrogen-bond acceptors (Lipinski definition) is 3. The summed E-state index contributed by atoms with van der Waals surface area (Å²) in [5.41, 5.74) is 0. The molecule has 0 amide bonds. The molecule has 3 heteroatoms. The molecule has 0 aromatic carbocycles. The van der Waals surface area contributed by atoms with Crippen LogP contribution >= 0.6 is 0 Å². The van der Waals surface area contributed by atoms with Crippen molar-refractivity contribution in [2.45, 2.75) is 6.92 Å². The maximum Gasteiger partial charge on any atom is 0.167 e. The van der Waals surface area contributed by atoms with Crippen molar-refractivity contribution in [2.24, 2.45) is 0 Å². The van der Waals surface area contributed by atoms with E-state index in [-0.39, 0.29) is 24.8 Å². The van der Waals surface area contributed by atoms with Crippen LogP contribution < -0.4 is 0 Å². The van der Waals surface area contributed by atoms with Crippen LogP contribution in [0.25, 0.3) is 0 Å². The van der Waals surface area contributed by atoms with Gasteiger partial charge < -0.3 is 9.84 Å².